The van der Waals surface area contributed by atoms with E-state index in [-0.39, 0.29) is 0 Å². The van der Waals surface area contributed by atoms with Crippen molar-refractivity contribution in [2.45, 2.75) is 5.41 Å². The van der Waals surface area contributed by atoms with E-state index in [2.05, 4.69) is 217 Å². The minimum Gasteiger partial charge on any atom is -0.309 e. The highest BCUT2D eigenvalue weighted by molar-refractivity contribution is 6.15. The fraction of sp³-hybridized carbons (Fsp3) is 0.0196. The average molecular weight is 662 g/mol. The first-order valence-corrected chi connectivity index (χ1v) is 18.0. The molecule has 0 heterocycles. The number of benzene rings is 9. The summed E-state index contributed by atoms with van der Waals surface area (Å²) in [5.41, 5.74) is 12.9. The van der Waals surface area contributed by atoms with E-state index < -0.39 is 5.41 Å². The lowest BCUT2D eigenvalue weighted by molar-refractivity contribution is 0.768. The Balaban J connectivity index is 1.33. The average Bonchev–Trinajstić information content (AvgIpc) is 3.54. The number of rotatable bonds is 6. The molecule has 0 aliphatic heterocycles. The molecule has 0 N–H and O–H groups in total. The van der Waals surface area contributed by atoms with Crippen LogP contribution in [0, 0.1) is 0 Å². The third-order valence-electron chi connectivity index (χ3n) is 10.9. The molecule has 0 unspecified atom stereocenters. The Morgan fingerprint density at radius 2 is 0.904 bits per heavy atom. The molecule has 1 aliphatic carbocycles. The molecule has 0 spiro atoms. The molecule has 1 nitrogen and oxygen atoms in total. The van der Waals surface area contributed by atoms with Crippen LogP contribution in [-0.2, 0) is 5.41 Å². The van der Waals surface area contributed by atoms with Crippen LogP contribution in [0.25, 0.3) is 43.8 Å². The zero-order valence-corrected chi connectivity index (χ0v) is 28.7. The molecular weight excluding hydrogens is 627 g/mol. The van der Waals surface area contributed by atoms with Gasteiger partial charge in [0.25, 0.3) is 0 Å². The molecule has 0 amide bonds. The Morgan fingerprint density at radius 1 is 0.346 bits per heavy atom. The summed E-state index contributed by atoms with van der Waals surface area (Å²) in [5, 5.41) is 4.94. The van der Waals surface area contributed by atoms with Crippen LogP contribution in [0.5, 0.6) is 0 Å². The van der Waals surface area contributed by atoms with Crippen molar-refractivity contribution in [1.82, 2.24) is 0 Å². The highest BCUT2D eigenvalue weighted by Gasteiger charge is 2.47. The van der Waals surface area contributed by atoms with Crippen molar-refractivity contribution in [2.24, 2.45) is 0 Å². The van der Waals surface area contributed by atoms with Crippen molar-refractivity contribution >= 4 is 38.6 Å². The molecular formula is C51H35N. The van der Waals surface area contributed by atoms with E-state index in [1.54, 1.807) is 0 Å². The number of nitrogens with zero attached hydrogens (tertiary/aromatic N) is 1. The summed E-state index contributed by atoms with van der Waals surface area (Å²) in [6.45, 7) is 0. The third-order valence-corrected chi connectivity index (χ3v) is 10.9. The van der Waals surface area contributed by atoms with Gasteiger partial charge in [-0.2, -0.15) is 0 Å². The van der Waals surface area contributed by atoms with Gasteiger partial charge in [-0.25, -0.2) is 0 Å². The molecule has 9 aromatic rings. The maximum Gasteiger partial charge on any atom is 0.0714 e. The van der Waals surface area contributed by atoms with E-state index in [0.717, 1.165) is 17.1 Å². The van der Waals surface area contributed by atoms with Crippen LogP contribution in [0.1, 0.15) is 22.3 Å². The van der Waals surface area contributed by atoms with Crippen molar-refractivity contribution in [1.29, 1.82) is 0 Å². The minimum atomic E-state index is -0.493. The minimum absolute atomic E-state index is 0.493. The Bertz CT molecular complexity index is 2690. The maximum atomic E-state index is 2.52. The molecule has 0 aromatic heterocycles. The van der Waals surface area contributed by atoms with Crippen LogP contribution in [-0.4, -0.2) is 0 Å². The van der Waals surface area contributed by atoms with E-state index in [1.807, 2.05) is 0 Å². The Hall–Kier alpha value is -6.70. The van der Waals surface area contributed by atoms with E-state index in [9.17, 15) is 0 Å². The topological polar surface area (TPSA) is 3.24 Å². The Labute approximate surface area is 304 Å². The first-order valence-electron chi connectivity index (χ1n) is 18.0. The molecule has 10 rings (SSSR count). The molecule has 1 aliphatic rings. The van der Waals surface area contributed by atoms with Crippen LogP contribution in [0.2, 0.25) is 0 Å². The maximum absolute atomic E-state index is 2.52. The quantitative estimate of drug-likeness (QED) is 0.160. The van der Waals surface area contributed by atoms with Crippen LogP contribution >= 0.6 is 0 Å². The van der Waals surface area contributed by atoms with E-state index in [0.29, 0.717) is 0 Å². The van der Waals surface area contributed by atoms with Crippen LogP contribution < -0.4 is 4.90 Å². The summed E-state index contributed by atoms with van der Waals surface area (Å²) in [4.78, 5) is 2.52. The molecule has 1 heteroatoms. The second kappa shape index (κ2) is 12.3. The molecule has 0 fully saturated rings. The fourth-order valence-electron chi connectivity index (χ4n) is 8.74. The predicted molar refractivity (Wildman–Crippen MR) is 219 cm³/mol. The highest BCUT2D eigenvalue weighted by Crippen LogP contribution is 2.59. The number of anilines is 3. The summed E-state index contributed by atoms with van der Waals surface area (Å²) < 4.78 is 0. The van der Waals surface area contributed by atoms with Gasteiger partial charge in [-0.15, -0.1) is 0 Å². The molecule has 52 heavy (non-hydrogen) atoms. The van der Waals surface area contributed by atoms with E-state index in [1.165, 1.54) is 66.1 Å². The Morgan fingerprint density at radius 3 is 1.65 bits per heavy atom. The van der Waals surface area contributed by atoms with E-state index >= 15 is 0 Å². The zero-order chi connectivity index (χ0) is 34.5. The SMILES string of the molecule is c1ccc(-c2cccc(N(c3cccc4c3-c3ccccc3C4(c3ccccc3)c3ccccc3)c3cc4ccccc4c4ccccc34)c2)cc1. The van der Waals surface area contributed by atoms with Crippen molar-refractivity contribution < 1.29 is 0 Å². The van der Waals surface area contributed by atoms with Gasteiger partial charge in [0.15, 0.2) is 0 Å². The number of fused-ring (bicyclic) bond motifs is 6. The largest absolute Gasteiger partial charge is 0.309 e. The highest BCUT2D eigenvalue weighted by atomic mass is 15.1. The van der Waals surface area contributed by atoms with Gasteiger partial charge in [0.1, 0.15) is 0 Å². The molecule has 0 saturated carbocycles. The van der Waals surface area contributed by atoms with Gasteiger partial charge in [-0.1, -0.05) is 188 Å². The second-order valence-electron chi connectivity index (χ2n) is 13.6. The molecule has 244 valence electrons. The number of hydrogen-bond acceptors (Lipinski definition) is 1. The van der Waals surface area contributed by atoms with Gasteiger partial charge in [0.05, 0.1) is 16.8 Å². The smallest absolute Gasteiger partial charge is 0.0714 e. The lowest BCUT2D eigenvalue weighted by Gasteiger charge is -2.34. The van der Waals surface area contributed by atoms with Gasteiger partial charge < -0.3 is 4.90 Å². The van der Waals surface area contributed by atoms with E-state index in [4.69, 9.17) is 0 Å². The third kappa shape index (κ3) is 4.56. The fourth-order valence-corrected chi connectivity index (χ4v) is 8.74. The van der Waals surface area contributed by atoms with Crippen LogP contribution in [0.15, 0.2) is 212 Å². The summed E-state index contributed by atoms with van der Waals surface area (Å²) in [6, 6.07) is 77.8. The van der Waals surface area contributed by atoms with Crippen molar-refractivity contribution in [3.63, 3.8) is 0 Å². The molecule has 0 atom stereocenters. The number of hydrogen-bond donors (Lipinski definition) is 0. The Kier molecular flexibility index (Phi) is 7.11. The summed E-state index contributed by atoms with van der Waals surface area (Å²) in [5.74, 6) is 0. The van der Waals surface area contributed by atoms with Crippen molar-refractivity contribution in [3.8, 4) is 22.3 Å². The molecule has 0 bridgehead atoms. The normalized spacial score (nSPS) is 12.8. The van der Waals surface area contributed by atoms with Gasteiger partial charge >= 0.3 is 0 Å². The van der Waals surface area contributed by atoms with Gasteiger partial charge in [0.2, 0.25) is 0 Å². The van der Waals surface area contributed by atoms with Crippen LogP contribution in [0.3, 0.4) is 0 Å². The van der Waals surface area contributed by atoms with Gasteiger partial charge in [0, 0.05) is 16.6 Å². The van der Waals surface area contributed by atoms with Crippen molar-refractivity contribution in [3.05, 3.63) is 235 Å². The van der Waals surface area contributed by atoms with Crippen molar-refractivity contribution in [2.75, 3.05) is 4.90 Å². The molecule has 0 saturated heterocycles. The first kappa shape index (κ1) is 30.2. The second-order valence-corrected chi connectivity index (χ2v) is 13.6. The summed E-state index contributed by atoms with van der Waals surface area (Å²) in [6.07, 6.45) is 0. The standard InChI is InChI=1S/C51H35N/c1-4-18-36(19-5-1)37-21-16-26-41(34-37)52(49-35-38-20-10-11-27-42(38)43-28-12-13-29-44(43)49)48-33-17-32-47-50(48)45-30-14-15-31-46(45)51(47,39-22-6-2-7-23-39)40-24-8-3-9-25-40/h1-35H. The monoisotopic (exact) mass is 661 g/mol. The summed E-state index contributed by atoms with van der Waals surface area (Å²) in [7, 11) is 0. The van der Waals surface area contributed by atoms with Gasteiger partial charge in [-0.3, -0.25) is 0 Å². The lowest BCUT2D eigenvalue weighted by Crippen LogP contribution is -2.28. The lowest BCUT2D eigenvalue weighted by atomic mass is 9.68. The molecule has 0 radical (unpaired) electrons. The zero-order valence-electron chi connectivity index (χ0n) is 28.7. The summed E-state index contributed by atoms with van der Waals surface area (Å²) >= 11 is 0. The van der Waals surface area contributed by atoms with Crippen LogP contribution in [0.4, 0.5) is 17.1 Å². The first-order chi connectivity index (χ1) is 25.8. The molecule has 9 aromatic carbocycles. The predicted octanol–water partition coefficient (Wildman–Crippen LogP) is 13.5. The van der Waals surface area contributed by atoms with Gasteiger partial charge in [-0.05, 0) is 79.4 Å².